The van der Waals surface area contributed by atoms with Crippen molar-refractivity contribution in [1.29, 1.82) is 0 Å². The van der Waals surface area contributed by atoms with Crippen molar-refractivity contribution in [2.45, 2.75) is 13.1 Å². The average molecular weight is 650 g/mol. The molecule has 5 aromatic rings. The molecule has 0 aliphatic carbocycles. The smallest absolute Gasteiger partial charge is 0.416 e. The number of nitrogens with zero attached hydrogens (tertiary/aromatic N) is 4. The number of carbonyl (C=O) groups excluding carboxylic acids is 1. The lowest BCUT2D eigenvalue weighted by Gasteiger charge is -2.14. The minimum atomic E-state index is -4.67. The molecule has 5 rings (SSSR count). The molecule has 240 valence electrons. The molecule has 15 heteroatoms. The van der Waals surface area contributed by atoms with Crippen molar-refractivity contribution in [3.05, 3.63) is 122 Å². The van der Waals surface area contributed by atoms with E-state index in [1.165, 1.54) is 48.5 Å². The van der Waals surface area contributed by atoms with Gasteiger partial charge in [0.05, 0.1) is 34.2 Å². The normalized spacial score (nSPS) is 11.5. The SMILES string of the molecule is CCOc1cc(C=Nn2c(-c3cccc(C(F)(F)F)c3)nc3ccccc3c2=O)cc([N+](=O)[O-])c1OCC(=O)Nc1cccc(F)c1. The number of nitrogens with one attached hydrogen (secondary N) is 1. The van der Waals surface area contributed by atoms with E-state index in [-0.39, 0.29) is 51.6 Å². The second-order valence-electron chi connectivity index (χ2n) is 9.80. The van der Waals surface area contributed by atoms with Crippen LogP contribution in [0.4, 0.5) is 28.9 Å². The van der Waals surface area contributed by atoms with E-state index < -0.39 is 46.2 Å². The number of alkyl halides is 3. The quantitative estimate of drug-likeness (QED) is 0.0797. The molecular weight excluding hydrogens is 626 g/mol. The van der Waals surface area contributed by atoms with Crippen LogP contribution in [0.1, 0.15) is 18.1 Å². The number of hydrogen-bond donors (Lipinski definition) is 1. The lowest BCUT2D eigenvalue weighted by Crippen LogP contribution is -2.21. The Hall–Kier alpha value is -6.12. The number of ether oxygens (including phenoxy) is 2. The highest BCUT2D eigenvalue weighted by Gasteiger charge is 2.31. The zero-order valence-electron chi connectivity index (χ0n) is 24.3. The Morgan fingerprint density at radius 1 is 1.04 bits per heavy atom. The van der Waals surface area contributed by atoms with Crippen molar-refractivity contribution in [2.24, 2.45) is 5.10 Å². The van der Waals surface area contributed by atoms with Gasteiger partial charge >= 0.3 is 11.9 Å². The second kappa shape index (κ2) is 13.5. The summed E-state index contributed by atoms with van der Waals surface area (Å²) in [6.45, 7) is 0.954. The molecule has 0 atom stereocenters. The van der Waals surface area contributed by atoms with E-state index in [0.29, 0.717) is 0 Å². The van der Waals surface area contributed by atoms with Crippen molar-refractivity contribution in [3.63, 3.8) is 0 Å². The van der Waals surface area contributed by atoms with Crippen molar-refractivity contribution in [3.8, 4) is 22.9 Å². The monoisotopic (exact) mass is 649 g/mol. The summed E-state index contributed by atoms with van der Waals surface area (Å²) in [5, 5.41) is 18.8. The summed E-state index contributed by atoms with van der Waals surface area (Å²) >= 11 is 0. The third-order valence-electron chi connectivity index (χ3n) is 6.53. The number of nitro groups is 1. The highest BCUT2D eigenvalue weighted by atomic mass is 19.4. The number of nitro benzene ring substituents is 1. The topological polar surface area (TPSA) is 138 Å². The second-order valence-corrected chi connectivity index (χ2v) is 9.80. The zero-order valence-corrected chi connectivity index (χ0v) is 24.3. The number of fused-ring (bicyclic) bond motifs is 1. The Morgan fingerprint density at radius 2 is 1.81 bits per heavy atom. The van der Waals surface area contributed by atoms with Gasteiger partial charge in [0.25, 0.3) is 11.5 Å². The van der Waals surface area contributed by atoms with Crippen LogP contribution in [-0.2, 0) is 11.0 Å². The summed E-state index contributed by atoms with van der Waals surface area (Å²) in [5.41, 5.74) is -1.93. The van der Waals surface area contributed by atoms with Crippen LogP contribution >= 0.6 is 0 Å². The van der Waals surface area contributed by atoms with Crippen LogP contribution in [0.15, 0.2) is 94.8 Å². The molecule has 4 aromatic carbocycles. The number of rotatable bonds is 10. The summed E-state index contributed by atoms with van der Waals surface area (Å²) in [6, 6.07) is 17.9. The van der Waals surface area contributed by atoms with Crippen molar-refractivity contribution >= 4 is 34.4 Å². The van der Waals surface area contributed by atoms with Gasteiger partial charge in [-0.05, 0) is 55.5 Å². The molecule has 47 heavy (non-hydrogen) atoms. The molecule has 0 fully saturated rings. The summed E-state index contributed by atoms with van der Waals surface area (Å²) < 4.78 is 65.8. The first-order valence-corrected chi connectivity index (χ1v) is 13.8. The molecule has 0 unspecified atom stereocenters. The maximum atomic E-state index is 13.5. The van der Waals surface area contributed by atoms with Crippen LogP contribution in [0.25, 0.3) is 22.3 Å². The Morgan fingerprint density at radius 3 is 2.53 bits per heavy atom. The third-order valence-corrected chi connectivity index (χ3v) is 6.53. The summed E-state index contributed by atoms with van der Waals surface area (Å²) in [5.74, 6) is -2.04. The van der Waals surface area contributed by atoms with Gasteiger partial charge in [-0.2, -0.15) is 22.9 Å². The molecule has 1 heterocycles. The molecule has 0 saturated heterocycles. The first kappa shape index (κ1) is 32.3. The number of hydrogen-bond acceptors (Lipinski definition) is 8. The van der Waals surface area contributed by atoms with Crippen LogP contribution < -0.4 is 20.3 Å². The molecule has 1 aromatic heterocycles. The highest BCUT2D eigenvalue weighted by molar-refractivity contribution is 5.92. The van der Waals surface area contributed by atoms with E-state index in [1.807, 2.05) is 0 Å². The first-order valence-electron chi connectivity index (χ1n) is 13.8. The molecule has 0 saturated carbocycles. The lowest BCUT2D eigenvalue weighted by molar-refractivity contribution is -0.385. The third kappa shape index (κ3) is 7.41. The molecular formula is C32H23F4N5O6. The molecule has 11 nitrogen and oxygen atoms in total. The van der Waals surface area contributed by atoms with Gasteiger partial charge in [-0.3, -0.25) is 19.7 Å². The number of anilines is 1. The van der Waals surface area contributed by atoms with Crippen molar-refractivity contribution in [2.75, 3.05) is 18.5 Å². The maximum Gasteiger partial charge on any atom is 0.416 e. The molecule has 0 aliphatic rings. The summed E-state index contributed by atoms with van der Waals surface area (Å²) in [4.78, 5) is 41.6. The van der Waals surface area contributed by atoms with E-state index in [9.17, 15) is 37.3 Å². The number of halogens is 4. The number of amides is 1. The van der Waals surface area contributed by atoms with Crippen molar-refractivity contribution < 1.29 is 36.8 Å². The Kier molecular flexibility index (Phi) is 9.26. The number of carbonyl (C=O) groups is 1. The Labute approximate surface area is 262 Å². The molecule has 0 radical (unpaired) electrons. The van der Waals surface area contributed by atoms with Gasteiger partial charge in [0.2, 0.25) is 5.75 Å². The number of aromatic nitrogens is 2. The lowest BCUT2D eigenvalue weighted by atomic mass is 10.1. The predicted octanol–water partition coefficient (Wildman–Crippen LogP) is 6.43. The largest absolute Gasteiger partial charge is 0.490 e. The minimum absolute atomic E-state index is 0.0390. The summed E-state index contributed by atoms with van der Waals surface area (Å²) in [7, 11) is 0. The van der Waals surface area contributed by atoms with Gasteiger partial charge in [0, 0.05) is 22.9 Å². The van der Waals surface area contributed by atoms with E-state index >= 15 is 0 Å². The number of benzene rings is 4. The minimum Gasteiger partial charge on any atom is -0.490 e. The van der Waals surface area contributed by atoms with Gasteiger partial charge < -0.3 is 14.8 Å². The van der Waals surface area contributed by atoms with Crippen LogP contribution in [0.2, 0.25) is 0 Å². The van der Waals surface area contributed by atoms with Crippen LogP contribution in [0.5, 0.6) is 11.5 Å². The van der Waals surface area contributed by atoms with Gasteiger partial charge in [-0.15, -0.1) is 0 Å². The first-order chi connectivity index (χ1) is 22.4. The molecule has 0 bridgehead atoms. The Bertz CT molecular complexity index is 2080. The summed E-state index contributed by atoms with van der Waals surface area (Å²) in [6.07, 6.45) is -3.59. The molecule has 1 N–H and O–H groups in total. The standard InChI is InChI=1S/C32H23F4N5O6/c1-2-46-27-14-19(13-26(41(44)45)29(27)47-18-28(42)38-23-10-6-9-22(33)16-23)17-37-40-30(20-7-5-8-21(15-20)32(34,35)36)39-25-12-4-3-11-24(25)31(40)43/h3-17H,2,18H2,1H3,(H,38,42). The average Bonchev–Trinajstić information content (AvgIpc) is 3.03. The fraction of sp³-hybridized carbons (Fsp3) is 0.125. The van der Waals surface area contributed by atoms with E-state index in [4.69, 9.17) is 9.47 Å². The van der Waals surface area contributed by atoms with Crippen LogP contribution in [0.3, 0.4) is 0 Å². The maximum absolute atomic E-state index is 13.5. The number of para-hydroxylation sites is 1. The van der Waals surface area contributed by atoms with E-state index in [0.717, 1.165) is 35.2 Å². The fourth-order valence-corrected chi connectivity index (χ4v) is 4.50. The van der Waals surface area contributed by atoms with Crippen LogP contribution in [0, 0.1) is 15.9 Å². The zero-order chi connectivity index (χ0) is 33.7. The highest BCUT2D eigenvalue weighted by Crippen LogP contribution is 2.38. The van der Waals surface area contributed by atoms with Crippen LogP contribution in [-0.4, -0.2) is 39.9 Å². The van der Waals surface area contributed by atoms with Gasteiger partial charge in [-0.25, -0.2) is 9.37 Å². The Balaban J connectivity index is 1.54. The predicted molar refractivity (Wildman–Crippen MR) is 164 cm³/mol. The van der Waals surface area contributed by atoms with E-state index in [2.05, 4.69) is 15.4 Å². The molecule has 0 aliphatic heterocycles. The van der Waals surface area contributed by atoms with E-state index in [1.54, 1.807) is 19.1 Å². The van der Waals surface area contributed by atoms with Gasteiger partial charge in [0.1, 0.15) is 5.82 Å². The van der Waals surface area contributed by atoms with Crippen molar-refractivity contribution in [1.82, 2.24) is 9.66 Å². The van der Waals surface area contributed by atoms with Gasteiger partial charge in [0.15, 0.2) is 18.2 Å². The fourth-order valence-electron chi connectivity index (χ4n) is 4.50. The molecule has 0 spiro atoms. The molecule has 1 amide bonds. The van der Waals surface area contributed by atoms with Gasteiger partial charge in [-0.1, -0.05) is 30.3 Å².